The minimum Gasteiger partial charge on any atom is -0.496 e. The molecule has 0 radical (unpaired) electrons. The van der Waals surface area contributed by atoms with Gasteiger partial charge in [0.15, 0.2) is 0 Å². The van der Waals surface area contributed by atoms with Crippen LogP contribution >= 0.6 is 0 Å². The van der Waals surface area contributed by atoms with E-state index in [2.05, 4.69) is 19.9 Å². The van der Waals surface area contributed by atoms with Gasteiger partial charge in [0.25, 0.3) is 0 Å². The van der Waals surface area contributed by atoms with Crippen molar-refractivity contribution in [3.05, 3.63) is 28.8 Å². The van der Waals surface area contributed by atoms with Gasteiger partial charge in [-0.15, -0.1) is 0 Å². The van der Waals surface area contributed by atoms with Gasteiger partial charge >= 0.3 is 0 Å². The molecule has 0 spiro atoms. The zero-order chi connectivity index (χ0) is 12.6. The van der Waals surface area contributed by atoms with Gasteiger partial charge in [-0.05, 0) is 43.9 Å². The monoisotopic (exact) mass is 235 g/mol. The quantitative estimate of drug-likeness (QED) is 0.840. The lowest BCUT2D eigenvalue weighted by molar-refractivity contribution is 0.186. The van der Waals surface area contributed by atoms with E-state index in [1.807, 2.05) is 6.07 Å². The molecule has 1 aromatic rings. The first-order chi connectivity index (χ1) is 8.04. The van der Waals surface area contributed by atoms with Crippen molar-refractivity contribution in [2.75, 3.05) is 13.7 Å². The fraction of sp³-hybridized carbons (Fsp3) is 0.571. The van der Waals surface area contributed by atoms with E-state index in [0.717, 1.165) is 24.2 Å². The maximum absolute atomic E-state index is 9.45. The van der Waals surface area contributed by atoms with E-state index in [1.165, 1.54) is 11.1 Å². The number of methoxy groups -OCH3 is 1. The van der Waals surface area contributed by atoms with Crippen LogP contribution < -0.4 is 10.5 Å². The molecule has 1 aliphatic rings. The summed E-state index contributed by atoms with van der Waals surface area (Å²) in [6.07, 6.45) is 2.00. The average molecular weight is 235 g/mol. The Morgan fingerprint density at radius 2 is 1.94 bits per heavy atom. The molecule has 1 saturated carbocycles. The molecule has 0 aliphatic heterocycles. The van der Waals surface area contributed by atoms with Crippen LogP contribution in [0.3, 0.4) is 0 Å². The first-order valence-electron chi connectivity index (χ1n) is 6.05. The average Bonchev–Trinajstić information content (AvgIpc) is 3.12. The van der Waals surface area contributed by atoms with Gasteiger partial charge in [-0.2, -0.15) is 0 Å². The van der Waals surface area contributed by atoms with Crippen LogP contribution in [0.15, 0.2) is 12.1 Å². The number of benzene rings is 1. The highest BCUT2D eigenvalue weighted by Gasteiger charge is 2.48. The highest BCUT2D eigenvalue weighted by atomic mass is 16.5. The number of ether oxygens (including phenoxy) is 1. The fourth-order valence-corrected chi connectivity index (χ4v) is 2.29. The number of aliphatic hydroxyl groups excluding tert-OH is 1. The van der Waals surface area contributed by atoms with Crippen molar-refractivity contribution < 1.29 is 9.84 Å². The lowest BCUT2D eigenvalue weighted by Crippen LogP contribution is -2.26. The van der Waals surface area contributed by atoms with Gasteiger partial charge in [0.05, 0.1) is 13.7 Å². The standard InChI is InChI=1S/C14H21NO2/c1-9-6-11(12(17-3)7-10(9)2)13(15)14(8-16)4-5-14/h6-7,13,16H,4-5,8,15H2,1-3H3. The second kappa shape index (κ2) is 4.31. The maximum Gasteiger partial charge on any atom is 0.123 e. The molecule has 1 atom stereocenters. The molecule has 0 bridgehead atoms. The van der Waals surface area contributed by atoms with Crippen molar-refractivity contribution >= 4 is 0 Å². The second-order valence-corrected chi connectivity index (χ2v) is 5.18. The van der Waals surface area contributed by atoms with Crippen molar-refractivity contribution in [3.8, 4) is 5.75 Å². The molecule has 1 unspecified atom stereocenters. The van der Waals surface area contributed by atoms with E-state index < -0.39 is 0 Å². The fourth-order valence-electron chi connectivity index (χ4n) is 2.29. The zero-order valence-electron chi connectivity index (χ0n) is 10.8. The molecule has 3 heteroatoms. The Balaban J connectivity index is 2.40. The molecule has 0 saturated heterocycles. The van der Waals surface area contributed by atoms with Crippen LogP contribution in [0.25, 0.3) is 0 Å². The molecular formula is C14H21NO2. The summed E-state index contributed by atoms with van der Waals surface area (Å²) >= 11 is 0. The SMILES string of the molecule is COc1cc(C)c(C)cc1C(N)C1(CO)CC1. The topological polar surface area (TPSA) is 55.5 Å². The zero-order valence-corrected chi connectivity index (χ0v) is 10.8. The lowest BCUT2D eigenvalue weighted by atomic mass is 9.89. The molecule has 3 N–H and O–H groups in total. The lowest BCUT2D eigenvalue weighted by Gasteiger charge is -2.24. The summed E-state index contributed by atoms with van der Waals surface area (Å²) in [7, 11) is 1.67. The molecule has 0 amide bonds. The summed E-state index contributed by atoms with van der Waals surface area (Å²) in [5.74, 6) is 0.834. The van der Waals surface area contributed by atoms with E-state index in [9.17, 15) is 5.11 Å². The van der Waals surface area contributed by atoms with Crippen molar-refractivity contribution in [2.45, 2.75) is 32.7 Å². The minimum absolute atomic E-state index is 0.116. The van der Waals surface area contributed by atoms with Crippen LogP contribution in [0.1, 0.15) is 35.6 Å². The summed E-state index contributed by atoms with van der Waals surface area (Å²) in [4.78, 5) is 0. The molecule has 3 nitrogen and oxygen atoms in total. The maximum atomic E-state index is 9.45. The van der Waals surface area contributed by atoms with Crippen LogP contribution in [0, 0.1) is 19.3 Å². The van der Waals surface area contributed by atoms with E-state index in [-0.39, 0.29) is 18.1 Å². The van der Waals surface area contributed by atoms with Crippen LogP contribution in [0.2, 0.25) is 0 Å². The van der Waals surface area contributed by atoms with Crippen LogP contribution in [-0.4, -0.2) is 18.8 Å². The smallest absolute Gasteiger partial charge is 0.123 e. The Hall–Kier alpha value is -1.06. The number of aryl methyl sites for hydroxylation is 2. The highest BCUT2D eigenvalue weighted by molar-refractivity contribution is 5.44. The van der Waals surface area contributed by atoms with E-state index in [4.69, 9.17) is 10.5 Å². The van der Waals surface area contributed by atoms with Gasteiger partial charge in [-0.1, -0.05) is 6.07 Å². The molecule has 17 heavy (non-hydrogen) atoms. The number of aliphatic hydroxyl groups is 1. The molecule has 0 heterocycles. The Labute approximate surface area is 103 Å². The molecule has 0 aromatic heterocycles. The summed E-state index contributed by atoms with van der Waals surface area (Å²) < 4.78 is 5.41. The van der Waals surface area contributed by atoms with Crippen molar-refractivity contribution in [1.82, 2.24) is 0 Å². The summed E-state index contributed by atoms with van der Waals surface area (Å²) in [5.41, 5.74) is 9.61. The number of nitrogens with two attached hydrogens (primary N) is 1. The Morgan fingerprint density at radius 3 is 2.41 bits per heavy atom. The Kier molecular flexibility index (Phi) is 3.15. The Morgan fingerprint density at radius 1 is 1.35 bits per heavy atom. The largest absolute Gasteiger partial charge is 0.496 e. The third-order valence-corrected chi connectivity index (χ3v) is 4.05. The number of hydrogen-bond donors (Lipinski definition) is 2. The van der Waals surface area contributed by atoms with Crippen molar-refractivity contribution in [2.24, 2.45) is 11.1 Å². The Bertz CT molecular complexity index is 424. The van der Waals surface area contributed by atoms with Gasteiger partial charge in [-0.3, -0.25) is 0 Å². The van der Waals surface area contributed by atoms with E-state index in [1.54, 1.807) is 7.11 Å². The third kappa shape index (κ3) is 2.05. The predicted molar refractivity (Wildman–Crippen MR) is 68.1 cm³/mol. The summed E-state index contributed by atoms with van der Waals surface area (Å²) in [6, 6.07) is 3.98. The van der Waals surface area contributed by atoms with E-state index >= 15 is 0 Å². The van der Waals surface area contributed by atoms with Gasteiger partial charge in [0, 0.05) is 17.0 Å². The second-order valence-electron chi connectivity index (χ2n) is 5.18. The van der Waals surface area contributed by atoms with Crippen molar-refractivity contribution in [1.29, 1.82) is 0 Å². The predicted octanol–water partition coefficient (Wildman–Crippen LogP) is 2.08. The molecule has 1 fully saturated rings. The highest BCUT2D eigenvalue weighted by Crippen LogP contribution is 2.54. The van der Waals surface area contributed by atoms with Crippen LogP contribution in [-0.2, 0) is 0 Å². The molecule has 94 valence electrons. The molecule has 2 rings (SSSR count). The van der Waals surface area contributed by atoms with Crippen LogP contribution in [0.5, 0.6) is 5.75 Å². The molecule has 1 aromatic carbocycles. The molecular weight excluding hydrogens is 214 g/mol. The number of rotatable bonds is 4. The van der Waals surface area contributed by atoms with E-state index in [0.29, 0.717) is 0 Å². The van der Waals surface area contributed by atoms with Gasteiger partial charge in [-0.25, -0.2) is 0 Å². The number of hydrogen-bond acceptors (Lipinski definition) is 3. The minimum atomic E-state index is -0.137. The van der Waals surface area contributed by atoms with Crippen LogP contribution in [0.4, 0.5) is 0 Å². The summed E-state index contributed by atoms with van der Waals surface area (Å²) in [6.45, 7) is 4.29. The third-order valence-electron chi connectivity index (χ3n) is 4.05. The molecule has 1 aliphatic carbocycles. The normalized spacial score (nSPS) is 18.9. The first-order valence-corrected chi connectivity index (χ1v) is 6.05. The first kappa shape index (κ1) is 12.4. The van der Waals surface area contributed by atoms with Gasteiger partial charge in [0.2, 0.25) is 0 Å². The van der Waals surface area contributed by atoms with Crippen molar-refractivity contribution in [3.63, 3.8) is 0 Å². The summed E-state index contributed by atoms with van der Waals surface area (Å²) in [5, 5.41) is 9.45. The van der Waals surface area contributed by atoms with Gasteiger partial charge in [0.1, 0.15) is 5.75 Å². The van der Waals surface area contributed by atoms with Gasteiger partial charge < -0.3 is 15.6 Å².